The standard InChI is InChI=1S/C28H32N6O5/c1-28(2,3)29-27(36)25(23-7-6-16-39-23)33(17-19-8-12-21(37-4)13-9-19)24(35)18-34-31-26(30-32-34)20-10-14-22(38-5)15-11-20/h6-16,25H,17-18H2,1-5H3,(H,29,36). The largest absolute Gasteiger partial charge is 0.497 e. The van der Waals surface area contributed by atoms with E-state index in [0.717, 1.165) is 11.1 Å². The summed E-state index contributed by atoms with van der Waals surface area (Å²) in [4.78, 5) is 30.0. The van der Waals surface area contributed by atoms with Crippen molar-refractivity contribution in [3.8, 4) is 22.9 Å². The third-order valence-electron chi connectivity index (χ3n) is 5.78. The van der Waals surface area contributed by atoms with Crippen molar-refractivity contribution in [2.24, 2.45) is 0 Å². The predicted octanol–water partition coefficient (Wildman–Crippen LogP) is 3.64. The Morgan fingerprint density at radius 2 is 1.64 bits per heavy atom. The molecule has 2 aromatic carbocycles. The van der Waals surface area contributed by atoms with E-state index in [0.29, 0.717) is 23.1 Å². The van der Waals surface area contributed by atoms with E-state index < -0.39 is 17.5 Å². The van der Waals surface area contributed by atoms with Gasteiger partial charge in [0.05, 0.1) is 20.5 Å². The Bertz CT molecular complexity index is 1380. The lowest BCUT2D eigenvalue weighted by atomic mass is 10.1. The molecule has 0 spiro atoms. The van der Waals surface area contributed by atoms with Gasteiger partial charge in [0.25, 0.3) is 5.91 Å². The molecule has 2 aromatic heterocycles. The average molecular weight is 533 g/mol. The van der Waals surface area contributed by atoms with Crippen LogP contribution in [0.4, 0.5) is 0 Å². The molecule has 11 nitrogen and oxygen atoms in total. The van der Waals surface area contributed by atoms with Crippen molar-refractivity contribution < 1.29 is 23.5 Å². The normalized spacial score (nSPS) is 12.0. The number of hydrogen-bond acceptors (Lipinski definition) is 8. The Balaban J connectivity index is 1.64. The Kier molecular flexibility index (Phi) is 8.28. The number of tetrazole rings is 1. The molecule has 39 heavy (non-hydrogen) atoms. The number of carbonyl (C=O) groups excluding carboxylic acids is 2. The van der Waals surface area contributed by atoms with Gasteiger partial charge in [0.2, 0.25) is 11.7 Å². The monoisotopic (exact) mass is 532 g/mol. The van der Waals surface area contributed by atoms with Crippen molar-refractivity contribution in [1.82, 2.24) is 30.4 Å². The first-order valence-corrected chi connectivity index (χ1v) is 12.4. The van der Waals surface area contributed by atoms with Gasteiger partial charge in [-0.2, -0.15) is 4.80 Å². The van der Waals surface area contributed by atoms with Crippen molar-refractivity contribution >= 4 is 11.8 Å². The van der Waals surface area contributed by atoms with E-state index in [9.17, 15) is 9.59 Å². The van der Waals surface area contributed by atoms with Crippen LogP contribution >= 0.6 is 0 Å². The van der Waals surface area contributed by atoms with Gasteiger partial charge in [-0.25, -0.2) is 0 Å². The Morgan fingerprint density at radius 3 is 2.21 bits per heavy atom. The predicted molar refractivity (Wildman–Crippen MR) is 143 cm³/mol. The zero-order valence-electron chi connectivity index (χ0n) is 22.6. The minimum atomic E-state index is -1.03. The van der Waals surface area contributed by atoms with Gasteiger partial charge in [-0.1, -0.05) is 12.1 Å². The van der Waals surface area contributed by atoms with Gasteiger partial charge in [0.1, 0.15) is 23.8 Å². The topological polar surface area (TPSA) is 125 Å². The van der Waals surface area contributed by atoms with E-state index in [4.69, 9.17) is 13.9 Å². The van der Waals surface area contributed by atoms with E-state index in [1.807, 2.05) is 45.0 Å². The first-order chi connectivity index (χ1) is 18.7. The lowest BCUT2D eigenvalue weighted by Gasteiger charge is -2.32. The number of benzene rings is 2. The smallest absolute Gasteiger partial charge is 0.251 e. The maximum Gasteiger partial charge on any atom is 0.251 e. The number of ether oxygens (including phenoxy) is 2. The molecule has 0 bridgehead atoms. The lowest BCUT2D eigenvalue weighted by Crippen LogP contribution is -2.49. The SMILES string of the molecule is COc1ccc(CN(C(=O)Cn2nnc(-c3ccc(OC)cc3)n2)C(C(=O)NC(C)(C)C)c2ccco2)cc1. The fourth-order valence-electron chi connectivity index (χ4n) is 3.94. The van der Waals surface area contributed by atoms with Gasteiger partial charge in [0.15, 0.2) is 6.04 Å². The van der Waals surface area contributed by atoms with Crippen LogP contribution in [0.3, 0.4) is 0 Å². The number of carbonyl (C=O) groups is 2. The second-order valence-corrected chi connectivity index (χ2v) is 9.90. The van der Waals surface area contributed by atoms with Gasteiger partial charge in [-0.3, -0.25) is 9.59 Å². The second-order valence-electron chi connectivity index (χ2n) is 9.90. The van der Waals surface area contributed by atoms with Crippen molar-refractivity contribution in [3.63, 3.8) is 0 Å². The van der Waals surface area contributed by atoms with Gasteiger partial charge in [-0.05, 0) is 80.1 Å². The fraction of sp³-hybridized carbons (Fsp3) is 0.321. The molecule has 0 radical (unpaired) electrons. The van der Waals surface area contributed by atoms with Crippen LogP contribution in [0.15, 0.2) is 71.3 Å². The maximum atomic E-state index is 13.8. The fourth-order valence-corrected chi connectivity index (χ4v) is 3.94. The zero-order valence-corrected chi connectivity index (χ0v) is 22.6. The van der Waals surface area contributed by atoms with Crippen LogP contribution in [-0.2, 0) is 22.7 Å². The number of furan rings is 1. The summed E-state index contributed by atoms with van der Waals surface area (Å²) in [6.07, 6.45) is 1.48. The number of aromatic nitrogens is 4. The molecule has 1 atom stereocenters. The number of methoxy groups -OCH3 is 2. The van der Waals surface area contributed by atoms with Crippen molar-refractivity contribution in [3.05, 3.63) is 78.3 Å². The van der Waals surface area contributed by atoms with Crippen molar-refractivity contribution in [2.45, 2.75) is 45.4 Å². The average Bonchev–Trinajstić information content (AvgIpc) is 3.60. The van der Waals surface area contributed by atoms with Crippen LogP contribution in [0, 0.1) is 0 Å². The third kappa shape index (κ3) is 7.01. The number of nitrogens with one attached hydrogen (secondary N) is 1. The van der Waals surface area contributed by atoms with Gasteiger partial charge >= 0.3 is 0 Å². The summed E-state index contributed by atoms with van der Waals surface area (Å²) in [7, 11) is 3.17. The van der Waals surface area contributed by atoms with E-state index in [1.54, 1.807) is 50.6 Å². The summed E-state index contributed by atoms with van der Waals surface area (Å²) in [5.74, 6) is 1.32. The molecular weight excluding hydrogens is 500 g/mol. The summed E-state index contributed by atoms with van der Waals surface area (Å²) >= 11 is 0. The molecule has 0 aliphatic carbocycles. The highest BCUT2D eigenvalue weighted by atomic mass is 16.5. The minimum absolute atomic E-state index is 0.131. The quantitative estimate of drug-likeness (QED) is 0.328. The van der Waals surface area contributed by atoms with Gasteiger partial charge in [0, 0.05) is 17.6 Å². The Morgan fingerprint density at radius 1 is 1.00 bits per heavy atom. The van der Waals surface area contributed by atoms with Crippen LogP contribution in [0.1, 0.15) is 38.1 Å². The summed E-state index contributed by atoms with van der Waals surface area (Å²) in [5.41, 5.74) is 0.995. The van der Waals surface area contributed by atoms with E-state index in [1.165, 1.54) is 16.0 Å². The van der Waals surface area contributed by atoms with Crippen LogP contribution in [0.25, 0.3) is 11.4 Å². The van der Waals surface area contributed by atoms with Gasteiger partial charge in [-0.15, -0.1) is 10.2 Å². The van der Waals surface area contributed by atoms with Crippen LogP contribution in [0.5, 0.6) is 11.5 Å². The molecule has 204 valence electrons. The highest BCUT2D eigenvalue weighted by Gasteiger charge is 2.35. The summed E-state index contributed by atoms with van der Waals surface area (Å²) < 4.78 is 16.1. The van der Waals surface area contributed by atoms with E-state index in [2.05, 4.69) is 20.7 Å². The zero-order chi connectivity index (χ0) is 28.0. The van der Waals surface area contributed by atoms with Gasteiger partial charge < -0.3 is 24.1 Å². The molecule has 0 fully saturated rings. The van der Waals surface area contributed by atoms with E-state index >= 15 is 0 Å². The second kappa shape index (κ2) is 11.8. The highest BCUT2D eigenvalue weighted by molar-refractivity contribution is 5.88. The van der Waals surface area contributed by atoms with Crippen LogP contribution in [0.2, 0.25) is 0 Å². The number of hydrogen-bond donors (Lipinski definition) is 1. The minimum Gasteiger partial charge on any atom is -0.497 e. The number of amides is 2. The van der Waals surface area contributed by atoms with E-state index in [-0.39, 0.29) is 19.0 Å². The molecule has 2 heterocycles. The molecule has 0 saturated carbocycles. The maximum absolute atomic E-state index is 13.8. The summed E-state index contributed by atoms with van der Waals surface area (Å²) in [5, 5.41) is 15.5. The van der Waals surface area contributed by atoms with Crippen molar-refractivity contribution in [1.29, 1.82) is 0 Å². The number of rotatable bonds is 10. The summed E-state index contributed by atoms with van der Waals surface area (Å²) in [6, 6.07) is 16.8. The molecule has 2 amide bonds. The first-order valence-electron chi connectivity index (χ1n) is 12.4. The molecule has 4 rings (SSSR count). The number of nitrogens with zero attached hydrogens (tertiary/aromatic N) is 5. The third-order valence-corrected chi connectivity index (χ3v) is 5.78. The molecule has 0 saturated heterocycles. The molecule has 4 aromatic rings. The highest BCUT2D eigenvalue weighted by Crippen LogP contribution is 2.26. The van der Waals surface area contributed by atoms with Crippen LogP contribution in [-0.4, -0.2) is 56.7 Å². The van der Waals surface area contributed by atoms with Crippen molar-refractivity contribution in [2.75, 3.05) is 14.2 Å². The summed E-state index contributed by atoms with van der Waals surface area (Å²) in [6.45, 7) is 5.52. The van der Waals surface area contributed by atoms with Crippen LogP contribution < -0.4 is 14.8 Å². The molecule has 0 aliphatic heterocycles. The molecule has 0 aliphatic rings. The molecule has 11 heteroatoms. The molecule has 1 unspecified atom stereocenters. The molecular formula is C28H32N6O5. The Hall–Kier alpha value is -4.67. The lowest BCUT2D eigenvalue weighted by molar-refractivity contribution is -0.143. The Labute approximate surface area is 226 Å². The first kappa shape index (κ1) is 27.4. The molecule has 1 N–H and O–H groups in total.